The topological polar surface area (TPSA) is 17.8 Å². The molecule has 0 saturated heterocycles. The van der Waals surface area contributed by atoms with E-state index in [1.165, 1.54) is 32.1 Å². The van der Waals surface area contributed by atoms with Gasteiger partial charge in [0.05, 0.1) is 10.2 Å². The molecule has 0 aliphatic carbocycles. The minimum absolute atomic E-state index is 0.966. The predicted molar refractivity (Wildman–Crippen MR) is 104 cm³/mol. The molecular formula is C21H16N2S. The van der Waals surface area contributed by atoms with Gasteiger partial charge in [-0.05, 0) is 31.2 Å². The van der Waals surface area contributed by atoms with Gasteiger partial charge < -0.3 is 4.57 Å². The molecule has 2 nitrogen and oxygen atoms in total. The average molecular weight is 328 g/mol. The molecule has 0 N–H and O–H groups in total. The van der Waals surface area contributed by atoms with Crippen molar-refractivity contribution >= 4 is 43.4 Å². The Hall–Kier alpha value is -2.65. The van der Waals surface area contributed by atoms with E-state index in [0.717, 1.165) is 17.1 Å². The molecule has 0 unspecified atom stereocenters. The van der Waals surface area contributed by atoms with Crippen molar-refractivity contribution in [2.24, 2.45) is 0 Å². The lowest BCUT2D eigenvalue weighted by Gasteiger charge is -2.04. The van der Waals surface area contributed by atoms with Crippen LogP contribution in [0.3, 0.4) is 0 Å². The van der Waals surface area contributed by atoms with Crippen LogP contribution in [0, 0.1) is 0 Å². The maximum absolute atomic E-state index is 4.81. The van der Waals surface area contributed by atoms with Crippen LogP contribution in [-0.2, 0) is 6.54 Å². The van der Waals surface area contributed by atoms with Crippen LogP contribution < -0.4 is 0 Å². The Bertz CT molecular complexity index is 1160. The summed E-state index contributed by atoms with van der Waals surface area (Å²) >= 11 is 1.76. The van der Waals surface area contributed by atoms with Crippen molar-refractivity contribution in [1.29, 1.82) is 0 Å². The number of nitrogens with zero attached hydrogens (tertiary/aromatic N) is 2. The summed E-state index contributed by atoms with van der Waals surface area (Å²) in [4.78, 5) is 4.81. The molecule has 3 aromatic carbocycles. The van der Waals surface area contributed by atoms with E-state index < -0.39 is 0 Å². The van der Waals surface area contributed by atoms with Crippen LogP contribution >= 0.6 is 11.3 Å². The second kappa shape index (κ2) is 5.18. The zero-order valence-corrected chi connectivity index (χ0v) is 14.2. The van der Waals surface area contributed by atoms with E-state index in [0.29, 0.717) is 0 Å². The fraction of sp³-hybridized carbons (Fsp3) is 0.0952. The van der Waals surface area contributed by atoms with E-state index in [1.807, 2.05) is 6.07 Å². The number of aryl methyl sites for hydroxylation is 1. The molecule has 116 valence electrons. The Balaban J connectivity index is 1.79. The second-order valence-corrected chi connectivity index (χ2v) is 7.01. The highest BCUT2D eigenvalue weighted by Crippen LogP contribution is 2.35. The standard InChI is InChI=1S/C21H16N2S/c1-2-23-18-9-5-3-7-15(18)16-12-11-14(13-19(16)23)21-22-17-8-4-6-10-20(17)24-21/h3-13H,2H2,1H3. The number of hydrogen-bond donors (Lipinski definition) is 0. The number of fused-ring (bicyclic) bond motifs is 4. The van der Waals surface area contributed by atoms with Gasteiger partial charge in [0.2, 0.25) is 0 Å². The molecule has 0 saturated carbocycles. The van der Waals surface area contributed by atoms with Gasteiger partial charge in [-0.3, -0.25) is 0 Å². The minimum atomic E-state index is 0.966. The molecule has 5 rings (SSSR count). The monoisotopic (exact) mass is 328 g/mol. The Kier molecular flexibility index (Phi) is 2.97. The second-order valence-electron chi connectivity index (χ2n) is 5.98. The van der Waals surface area contributed by atoms with Crippen LogP contribution in [0.25, 0.3) is 42.6 Å². The van der Waals surface area contributed by atoms with Crippen LogP contribution in [0.2, 0.25) is 0 Å². The Morgan fingerprint density at radius 2 is 1.67 bits per heavy atom. The van der Waals surface area contributed by atoms with Crippen molar-refractivity contribution in [3.8, 4) is 10.6 Å². The van der Waals surface area contributed by atoms with Gasteiger partial charge in [0.1, 0.15) is 5.01 Å². The van der Waals surface area contributed by atoms with Gasteiger partial charge in [0.15, 0.2) is 0 Å². The maximum Gasteiger partial charge on any atom is 0.124 e. The van der Waals surface area contributed by atoms with Crippen LogP contribution in [0.1, 0.15) is 6.92 Å². The number of para-hydroxylation sites is 2. The number of benzene rings is 3. The van der Waals surface area contributed by atoms with Crippen LogP contribution in [0.15, 0.2) is 66.7 Å². The first-order valence-electron chi connectivity index (χ1n) is 8.22. The van der Waals surface area contributed by atoms with Crippen LogP contribution in [-0.4, -0.2) is 9.55 Å². The summed E-state index contributed by atoms with van der Waals surface area (Å²) in [5.74, 6) is 0. The molecule has 0 atom stereocenters. The molecule has 0 spiro atoms. The number of aromatic nitrogens is 2. The molecule has 2 heterocycles. The first kappa shape index (κ1) is 13.8. The number of hydrogen-bond acceptors (Lipinski definition) is 2. The molecule has 24 heavy (non-hydrogen) atoms. The van der Waals surface area contributed by atoms with Crippen LogP contribution in [0.4, 0.5) is 0 Å². The molecule has 0 aliphatic rings. The lowest BCUT2D eigenvalue weighted by Crippen LogP contribution is -1.92. The smallest absolute Gasteiger partial charge is 0.124 e. The zero-order valence-electron chi connectivity index (χ0n) is 13.4. The quantitative estimate of drug-likeness (QED) is 0.383. The summed E-state index contributed by atoms with van der Waals surface area (Å²) in [5, 5.41) is 3.73. The molecule has 0 radical (unpaired) electrons. The first-order chi connectivity index (χ1) is 11.8. The van der Waals surface area contributed by atoms with Crippen molar-refractivity contribution in [3.63, 3.8) is 0 Å². The van der Waals surface area contributed by atoms with Crippen molar-refractivity contribution in [2.45, 2.75) is 13.5 Å². The van der Waals surface area contributed by atoms with E-state index in [2.05, 4.69) is 72.2 Å². The fourth-order valence-electron chi connectivity index (χ4n) is 3.52. The third-order valence-corrected chi connectivity index (χ3v) is 5.72. The first-order valence-corrected chi connectivity index (χ1v) is 9.04. The molecule has 3 heteroatoms. The SMILES string of the molecule is CCn1c2ccccc2c2ccc(-c3nc4ccccc4s3)cc21. The lowest BCUT2D eigenvalue weighted by molar-refractivity contribution is 0.827. The van der Waals surface area contributed by atoms with Gasteiger partial charge in [-0.2, -0.15) is 0 Å². The minimum Gasteiger partial charge on any atom is -0.341 e. The Morgan fingerprint density at radius 3 is 2.54 bits per heavy atom. The summed E-state index contributed by atoms with van der Waals surface area (Å²) in [7, 11) is 0. The third kappa shape index (κ3) is 1.91. The van der Waals surface area contributed by atoms with E-state index >= 15 is 0 Å². The van der Waals surface area contributed by atoms with Gasteiger partial charge >= 0.3 is 0 Å². The highest BCUT2D eigenvalue weighted by molar-refractivity contribution is 7.21. The van der Waals surface area contributed by atoms with Crippen molar-refractivity contribution in [1.82, 2.24) is 9.55 Å². The summed E-state index contributed by atoms with van der Waals surface area (Å²) in [6.45, 7) is 3.17. The van der Waals surface area contributed by atoms with Gasteiger partial charge in [0, 0.05) is 33.9 Å². The number of thiazole rings is 1. The highest BCUT2D eigenvalue weighted by Gasteiger charge is 2.12. The largest absolute Gasteiger partial charge is 0.341 e. The van der Waals surface area contributed by atoms with Gasteiger partial charge in [0.25, 0.3) is 0 Å². The van der Waals surface area contributed by atoms with E-state index in [9.17, 15) is 0 Å². The summed E-state index contributed by atoms with van der Waals surface area (Å²) < 4.78 is 3.63. The zero-order chi connectivity index (χ0) is 16.1. The van der Waals surface area contributed by atoms with Crippen molar-refractivity contribution in [3.05, 3.63) is 66.7 Å². The van der Waals surface area contributed by atoms with E-state index in [1.54, 1.807) is 11.3 Å². The molecule has 0 fully saturated rings. The molecular weight excluding hydrogens is 312 g/mol. The van der Waals surface area contributed by atoms with Gasteiger partial charge in [-0.25, -0.2) is 4.98 Å². The van der Waals surface area contributed by atoms with Crippen LogP contribution in [0.5, 0.6) is 0 Å². The van der Waals surface area contributed by atoms with Crippen molar-refractivity contribution in [2.75, 3.05) is 0 Å². The molecule has 5 aromatic rings. The molecule has 0 amide bonds. The summed E-state index contributed by atoms with van der Waals surface area (Å²) in [6.07, 6.45) is 0. The predicted octanol–water partition coefficient (Wildman–Crippen LogP) is 6.09. The van der Waals surface area contributed by atoms with Gasteiger partial charge in [-0.1, -0.05) is 42.5 Å². The fourth-order valence-corrected chi connectivity index (χ4v) is 4.48. The van der Waals surface area contributed by atoms with E-state index in [4.69, 9.17) is 4.98 Å². The van der Waals surface area contributed by atoms with Gasteiger partial charge in [-0.15, -0.1) is 11.3 Å². The molecule has 0 bridgehead atoms. The highest BCUT2D eigenvalue weighted by atomic mass is 32.1. The summed E-state index contributed by atoms with van der Waals surface area (Å²) in [5.41, 5.74) is 4.86. The third-order valence-electron chi connectivity index (χ3n) is 4.63. The lowest BCUT2D eigenvalue weighted by atomic mass is 10.1. The maximum atomic E-state index is 4.81. The molecule has 2 aromatic heterocycles. The van der Waals surface area contributed by atoms with E-state index in [-0.39, 0.29) is 0 Å². The number of rotatable bonds is 2. The average Bonchev–Trinajstić information content (AvgIpc) is 3.20. The summed E-state index contributed by atoms with van der Waals surface area (Å²) in [6, 6.07) is 23.7. The van der Waals surface area contributed by atoms with Crippen molar-refractivity contribution < 1.29 is 0 Å². The normalized spacial score (nSPS) is 11.7. The molecule has 0 aliphatic heterocycles. The Morgan fingerprint density at radius 1 is 0.875 bits per heavy atom. The Labute approximate surface area is 144 Å².